The van der Waals surface area contributed by atoms with Crippen LogP contribution in [0.3, 0.4) is 0 Å². The van der Waals surface area contributed by atoms with E-state index in [9.17, 15) is 4.79 Å². The Kier molecular flexibility index (Phi) is 5.60. The molecular weight excluding hydrogens is 272 g/mol. The second-order valence-corrected chi connectivity index (χ2v) is 5.93. The number of carbonyl (C=O) groups excluding carboxylic acids is 1. The highest BCUT2D eigenvalue weighted by Crippen LogP contribution is 2.24. The van der Waals surface area contributed by atoms with Crippen molar-refractivity contribution in [1.29, 1.82) is 0 Å². The van der Waals surface area contributed by atoms with Crippen LogP contribution in [0.15, 0.2) is 12.1 Å². The molecule has 3 nitrogen and oxygen atoms in total. The van der Waals surface area contributed by atoms with Crippen LogP contribution in [-0.4, -0.2) is 29.9 Å². The van der Waals surface area contributed by atoms with Crippen LogP contribution in [0.1, 0.15) is 40.4 Å². The number of carbonyl (C=O) groups is 1. The first-order valence-electron chi connectivity index (χ1n) is 7.03. The van der Waals surface area contributed by atoms with Crippen LogP contribution in [0.4, 0.5) is 0 Å². The molecule has 1 aromatic rings. The lowest BCUT2D eigenvalue weighted by Crippen LogP contribution is -2.33. The van der Waals surface area contributed by atoms with Gasteiger partial charge in [-0.1, -0.05) is 17.7 Å². The van der Waals surface area contributed by atoms with Gasteiger partial charge in [-0.2, -0.15) is 0 Å². The second kappa shape index (κ2) is 6.59. The average molecular weight is 297 g/mol. The Bertz CT molecular complexity index is 476. The van der Waals surface area contributed by atoms with Gasteiger partial charge in [-0.3, -0.25) is 4.79 Å². The number of halogens is 1. The Balaban J connectivity index is 0.00000200. The Morgan fingerprint density at radius 1 is 1.30 bits per heavy atom. The second-order valence-electron chi connectivity index (χ2n) is 5.93. The normalized spacial score (nSPS) is 19.6. The zero-order valence-electron chi connectivity index (χ0n) is 12.8. The van der Waals surface area contributed by atoms with E-state index in [4.69, 9.17) is 5.73 Å². The molecule has 2 N–H and O–H groups in total. The minimum absolute atomic E-state index is 0. The van der Waals surface area contributed by atoms with Crippen LogP contribution < -0.4 is 5.73 Å². The lowest BCUT2D eigenvalue weighted by molar-refractivity contribution is 0.0784. The van der Waals surface area contributed by atoms with Gasteiger partial charge in [-0.15, -0.1) is 12.4 Å². The lowest BCUT2D eigenvalue weighted by Gasteiger charge is -2.20. The van der Waals surface area contributed by atoms with Gasteiger partial charge in [0.15, 0.2) is 0 Å². The first-order valence-corrected chi connectivity index (χ1v) is 7.03. The van der Waals surface area contributed by atoms with Crippen molar-refractivity contribution >= 4 is 18.3 Å². The lowest BCUT2D eigenvalue weighted by atomic mass is 9.98. The van der Waals surface area contributed by atoms with Crippen molar-refractivity contribution in [3.63, 3.8) is 0 Å². The zero-order chi connectivity index (χ0) is 14.2. The molecule has 1 amide bonds. The Morgan fingerprint density at radius 3 is 2.30 bits per heavy atom. The summed E-state index contributed by atoms with van der Waals surface area (Å²) in [5, 5.41) is 0. The number of nitrogens with zero attached hydrogens (tertiary/aromatic N) is 1. The van der Waals surface area contributed by atoms with Crippen LogP contribution in [0.25, 0.3) is 0 Å². The molecule has 0 saturated carbocycles. The van der Waals surface area contributed by atoms with Crippen molar-refractivity contribution in [2.45, 2.75) is 40.2 Å². The molecule has 20 heavy (non-hydrogen) atoms. The highest BCUT2D eigenvalue weighted by atomic mass is 35.5. The summed E-state index contributed by atoms with van der Waals surface area (Å²) in [5.41, 5.74) is 10.2. The topological polar surface area (TPSA) is 46.3 Å². The molecule has 0 spiro atoms. The van der Waals surface area contributed by atoms with E-state index in [0.29, 0.717) is 5.92 Å². The number of nitrogens with two attached hydrogens (primary N) is 1. The molecular formula is C16H25ClN2O. The number of amides is 1. The average Bonchev–Trinajstić information content (AvgIpc) is 2.76. The van der Waals surface area contributed by atoms with Gasteiger partial charge in [0, 0.05) is 24.7 Å². The van der Waals surface area contributed by atoms with E-state index in [1.807, 2.05) is 25.7 Å². The fourth-order valence-corrected chi connectivity index (χ4v) is 3.08. The summed E-state index contributed by atoms with van der Waals surface area (Å²) >= 11 is 0. The monoisotopic (exact) mass is 296 g/mol. The van der Waals surface area contributed by atoms with Gasteiger partial charge in [0.2, 0.25) is 0 Å². The van der Waals surface area contributed by atoms with E-state index in [2.05, 4.69) is 19.1 Å². The van der Waals surface area contributed by atoms with Gasteiger partial charge in [0.05, 0.1) is 0 Å². The fourth-order valence-electron chi connectivity index (χ4n) is 3.08. The van der Waals surface area contributed by atoms with E-state index in [1.54, 1.807) is 0 Å². The van der Waals surface area contributed by atoms with Gasteiger partial charge < -0.3 is 10.6 Å². The molecule has 1 aromatic carbocycles. The third-order valence-electron chi connectivity index (χ3n) is 4.15. The maximum Gasteiger partial charge on any atom is 0.254 e. The Labute approximate surface area is 127 Å². The SMILES string of the molecule is Cc1cc(C)c(C(=O)N2CCC(C(C)N)C2)c(C)c1.Cl. The van der Waals surface area contributed by atoms with Crippen LogP contribution in [-0.2, 0) is 0 Å². The summed E-state index contributed by atoms with van der Waals surface area (Å²) in [4.78, 5) is 14.6. The van der Waals surface area contributed by atoms with Gasteiger partial charge in [0.25, 0.3) is 5.91 Å². The van der Waals surface area contributed by atoms with Crippen molar-refractivity contribution < 1.29 is 4.79 Å². The maximum atomic E-state index is 12.7. The Morgan fingerprint density at radius 2 is 1.85 bits per heavy atom. The molecule has 2 atom stereocenters. The Hall–Kier alpha value is -1.06. The molecule has 1 saturated heterocycles. The highest BCUT2D eigenvalue weighted by Gasteiger charge is 2.30. The smallest absolute Gasteiger partial charge is 0.254 e. The predicted molar refractivity (Wildman–Crippen MR) is 85.6 cm³/mol. The number of aryl methyl sites for hydroxylation is 3. The summed E-state index contributed by atoms with van der Waals surface area (Å²) in [6.45, 7) is 9.76. The number of benzene rings is 1. The molecule has 2 unspecified atom stereocenters. The number of hydrogen-bond acceptors (Lipinski definition) is 2. The molecule has 0 aromatic heterocycles. The first kappa shape index (κ1) is 17.0. The van der Waals surface area contributed by atoms with Gasteiger partial charge in [-0.25, -0.2) is 0 Å². The largest absolute Gasteiger partial charge is 0.338 e. The van der Waals surface area contributed by atoms with Crippen molar-refractivity contribution in [3.8, 4) is 0 Å². The zero-order valence-corrected chi connectivity index (χ0v) is 13.6. The number of rotatable bonds is 2. The molecule has 1 heterocycles. The fraction of sp³-hybridized carbons (Fsp3) is 0.562. The van der Waals surface area contributed by atoms with Crippen molar-refractivity contribution in [3.05, 3.63) is 34.4 Å². The summed E-state index contributed by atoms with van der Waals surface area (Å²) in [6, 6.07) is 4.33. The highest BCUT2D eigenvalue weighted by molar-refractivity contribution is 5.97. The van der Waals surface area contributed by atoms with Crippen molar-refractivity contribution in [1.82, 2.24) is 4.90 Å². The summed E-state index contributed by atoms with van der Waals surface area (Å²) in [6.07, 6.45) is 1.02. The molecule has 1 aliphatic heterocycles. The molecule has 4 heteroatoms. The summed E-state index contributed by atoms with van der Waals surface area (Å²) < 4.78 is 0. The maximum absolute atomic E-state index is 12.7. The number of likely N-dealkylation sites (tertiary alicyclic amines) is 1. The first-order chi connectivity index (χ1) is 8.90. The van der Waals surface area contributed by atoms with Crippen molar-refractivity contribution in [2.75, 3.05) is 13.1 Å². The predicted octanol–water partition coefficient (Wildman–Crippen LogP) is 2.84. The van der Waals surface area contributed by atoms with E-state index >= 15 is 0 Å². The van der Waals surface area contributed by atoms with Crippen molar-refractivity contribution in [2.24, 2.45) is 11.7 Å². The third kappa shape index (κ3) is 3.33. The van der Waals surface area contributed by atoms with Gasteiger partial charge in [-0.05, 0) is 51.2 Å². The van der Waals surface area contributed by atoms with Crippen LogP contribution in [0.2, 0.25) is 0 Å². The standard InChI is InChI=1S/C16H24N2O.ClH/c1-10-7-11(2)15(12(3)8-10)16(19)18-6-5-14(9-18)13(4)17;/h7-8,13-14H,5-6,9,17H2,1-4H3;1H. The van der Waals surface area contributed by atoms with Gasteiger partial charge >= 0.3 is 0 Å². The molecule has 1 fully saturated rings. The van der Waals surface area contributed by atoms with Crippen LogP contribution >= 0.6 is 12.4 Å². The third-order valence-corrected chi connectivity index (χ3v) is 4.15. The van der Waals surface area contributed by atoms with Gasteiger partial charge in [0.1, 0.15) is 0 Å². The van der Waals surface area contributed by atoms with E-state index in [0.717, 1.165) is 36.2 Å². The summed E-state index contributed by atoms with van der Waals surface area (Å²) in [7, 11) is 0. The molecule has 0 aliphatic carbocycles. The molecule has 112 valence electrons. The minimum atomic E-state index is 0. The minimum Gasteiger partial charge on any atom is -0.338 e. The van der Waals surface area contributed by atoms with Crippen LogP contribution in [0, 0.1) is 26.7 Å². The van der Waals surface area contributed by atoms with E-state index in [1.165, 1.54) is 5.56 Å². The number of hydrogen-bond donors (Lipinski definition) is 1. The van der Waals surface area contributed by atoms with E-state index < -0.39 is 0 Å². The molecule has 1 aliphatic rings. The van der Waals surface area contributed by atoms with Crippen LogP contribution in [0.5, 0.6) is 0 Å². The van der Waals surface area contributed by atoms with E-state index in [-0.39, 0.29) is 24.4 Å². The quantitative estimate of drug-likeness (QED) is 0.912. The summed E-state index contributed by atoms with van der Waals surface area (Å²) in [5.74, 6) is 0.605. The molecule has 0 radical (unpaired) electrons. The molecule has 0 bridgehead atoms. The molecule has 2 rings (SSSR count).